The van der Waals surface area contributed by atoms with E-state index in [0.717, 1.165) is 25.0 Å². The zero-order chi connectivity index (χ0) is 9.97. The Labute approximate surface area is 85.0 Å². The molecule has 2 rings (SSSR count). The van der Waals surface area contributed by atoms with E-state index in [1.54, 1.807) is 0 Å². The molecule has 0 fully saturated rings. The highest BCUT2D eigenvalue weighted by Gasteiger charge is 2.26. The van der Waals surface area contributed by atoms with E-state index in [0.29, 0.717) is 0 Å². The molecule has 1 aliphatic carbocycles. The lowest BCUT2D eigenvalue weighted by molar-refractivity contribution is 0.128. The summed E-state index contributed by atoms with van der Waals surface area (Å²) in [5.74, 6) is 0.268. The first-order valence-corrected chi connectivity index (χ1v) is 5.44. The van der Waals surface area contributed by atoms with Crippen molar-refractivity contribution in [3.8, 4) is 0 Å². The van der Waals surface area contributed by atoms with Gasteiger partial charge in [-0.2, -0.15) is 0 Å². The number of aromatic nitrogens is 1. The highest BCUT2D eigenvalue weighted by atomic mass is 16.3. The van der Waals surface area contributed by atoms with E-state index < -0.39 is 0 Å². The fourth-order valence-corrected chi connectivity index (χ4v) is 2.30. The van der Waals surface area contributed by atoms with E-state index in [1.165, 1.54) is 12.0 Å². The second-order valence-corrected chi connectivity index (χ2v) is 4.02. The zero-order valence-corrected chi connectivity index (χ0v) is 8.61. The predicted molar refractivity (Wildman–Crippen MR) is 56.2 cm³/mol. The third kappa shape index (κ3) is 1.67. The molecule has 76 valence electrons. The Morgan fingerprint density at radius 3 is 3.29 bits per heavy atom. The van der Waals surface area contributed by atoms with Gasteiger partial charge in [-0.3, -0.25) is 4.98 Å². The lowest BCUT2D eigenvalue weighted by Crippen LogP contribution is -2.23. The molecule has 2 nitrogen and oxygen atoms in total. The standard InChI is InChI=1S/C12H17NO/c1-2-11(14)10-7-3-5-9-6-4-8-13-12(9)10/h4,6,8,10-11,14H,2-3,5,7H2,1H3. The monoisotopic (exact) mass is 191 g/mol. The third-order valence-corrected chi connectivity index (χ3v) is 3.12. The highest BCUT2D eigenvalue weighted by molar-refractivity contribution is 5.26. The van der Waals surface area contributed by atoms with Crippen LogP contribution in [0.15, 0.2) is 18.3 Å². The van der Waals surface area contributed by atoms with E-state index >= 15 is 0 Å². The minimum atomic E-state index is -0.219. The molecule has 0 aromatic carbocycles. The molecule has 1 aromatic heterocycles. The zero-order valence-electron chi connectivity index (χ0n) is 8.61. The van der Waals surface area contributed by atoms with Crippen LogP contribution < -0.4 is 0 Å². The molecule has 2 unspecified atom stereocenters. The number of hydrogen-bond donors (Lipinski definition) is 1. The molecule has 1 aliphatic rings. The van der Waals surface area contributed by atoms with Crippen LogP contribution in [0.4, 0.5) is 0 Å². The summed E-state index contributed by atoms with van der Waals surface area (Å²) in [6.45, 7) is 2.03. The summed E-state index contributed by atoms with van der Waals surface area (Å²) < 4.78 is 0. The number of fused-ring (bicyclic) bond motifs is 1. The van der Waals surface area contributed by atoms with Crippen LogP contribution in [-0.4, -0.2) is 16.2 Å². The molecule has 0 amide bonds. The average molecular weight is 191 g/mol. The number of rotatable bonds is 2. The second-order valence-electron chi connectivity index (χ2n) is 4.02. The number of aliphatic hydroxyl groups is 1. The van der Waals surface area contributed by atoms with Gasteiger partial charge in [0.1, 0.15) is 0 Å². The van der Waals surface area contributed by atoms with Gasteiger partial charge in [-0.1, -0.05) is 13.0 Å². The first-order chi connectivity index (χ1) is 6.83. The minimum Gasteiger partial charge on any atom is -0.392 e. The van der Waals surface area contributed by atoms with Gasteiger partial charge in [0.2, 0.25) is 0 Å². The van der Waals surface area contributed by atoms with E-state index in [4.69, 9.17) is 0 Å². The summed E-state index contributed by atoms with van der Waals surface area (Å²) in [6, 6.07) is 4.12. The summed E-state index contributed by atoms with van der Waals surface area (Å²) in [5, 5.41) is 9.89. The van der Waals surface area contributed by atoms with Crippen molar-refractivity contribution in [2.24, 2.45) is 0 Å². The maximum absolute atomic E-state index is 9.89. The van der Waals surface area contributed by atoms with Gasteiger partial charge in [0.15, 0.2) is 0 Å². The van der Waals surface area contributed by atoms with Crippen LogP contribution in [0.25, 0.3) is 0 Å². The van der Waals surface area contributed by atoms with Gasteiger partial charge in [0.25, 0.3) is 0 Å². The summed E-state index contributed by atoms with van der Waals surface area (Å²) in [7, 11) is 0. The van der Waals surface area contributed by atoms with Gasteiger partial charge in [-0.25, -0.2) is 0 Å². The predicted octanol–water partition coefficient (Wildman–Crippen LogP) is 2.27. The van der Waals surface area contributed by atoms with E-state index in [1.807, 2.05) is 19.2 Å². The second kappa shape index (κ2) is 4.09. The number of pyridine rings is 1. The highest BCUT2D eigenvalue weighted by Crippen LogP contribution is 2.33. The van der Waals surface area contributed by atoms with Gasteiger partial charge < -0.3 is 5.11 Å². The van der Waals surface area contributed by atoms with Crippen molar-refractivity contribution >= 4 is 0 Å². The quantitative estimate of drug-likeness (QED) is 0.778. The summed E-state index contributed by atoms with van der Waals surface area (Å²) in [5.41, 5.74) is 2.46. The summed E-state index contributed by atoms with van der Waals surface area (Å²) in [6.07, 6.45) is 5.82. The number of hydrogen-bond acceptors (Lipinski definition) is 2. The lowest BCUT2D eigenvalue weighted by atomic mass is 9.82. The molecule has 0 saturated heterocycles. The Balaban J connectivity index is 2.30. The molecular formula is C12H17NO. The largest absolute Gasteiger partial charge is 0.392 e. The van der Waals surface area contributed by atoms with Crippen LogP contribution in [-0.2, 0) is 6.42 Å². The average Bonchev–Trinajstić information content (AvgIpc) is 2.27. The fourth-order valence-electron chi connectivity index (χ4n) is 2.30. The fraction of sp³-hybridized carbons (Fsp3) is 0.583. The smallest absolute Gasteiger partial charge is 0.0621 e. The van der Waals surface area contributed by atoms with Crippen molar-refractivity contribution in [1.82, 2.24) is 4.98 Å². The Hall–Kier alpha value is -0.890. The van der Waals surface area contributed by atoms with Crippen molar-refractivity contribution in [3.05, 3.63) is 29.6 Å². The Morgan fingerprint density at radius 1 is 1.64 bits per heavy atom. The number of aliphatic hydroxyl groups excluding tert-OH is 1. The van der Waals surface area contributed by atoms with Gasteiger partial charge in [-0.05, 0) is 37.3 Å². The molecule has 0 radical (unpaired) electrons. The number of aryl methyl sites for hydroxylation is 1. The summed E-state index contributed by atoms with van der Waals surface area (Å²) in [4.78, 5) is 4.41. The topological polar surface area (TPSA) is 33.1 Å². The van der Waals surface area contributed by atoms with Crippen LogP contribution in [0.2, 0.25) is 0 Å². The molecule has 1 aromatic rings. The van der Waals surface area contributed by atoms with Crippen molar-refractivity contribution < 1.29 is 5.11 Å². The molecule has 1 heterocycles. The van der Waals surface area contributed by atoms with Gasteiger partial charge >= 0.3 is 0 Å². The molecule has 0 spiro atoms. The maximum Gasteiger partial charge on any atom is 0.0621 e. The molecule has 14 heavy (non-hydrogen) atoms. The van der Waals surface area contributed by atoms with Gasteiger partial charge in [-0.15, -0.1) is 0 Å². The van der Waals surface area contributed by atoms with Crippen LogP contribution in [0.3, 0.4) is 0 Å². The van der Waals surface area contributed by atoms with E-state index in [2.05, 4.69) is 11.1 Å². The van der Waals surface area contributed by atoms with Crippen molar-refractivity contribution in [2.45, 2.75) is 44.6 Å². The SMILES string of the molecule is CCC(O)C1CCCc2cccnc21. The first-order valence-electron chi connectivity index (χ1n) is 5.44. The van der Waals surface area contributed by atoms with Gasteiger partial charge in [0.05, 0.1) is 6.10 Å². The molecular weight excluding hydrogens is 174 g/mol. The molecule has 0 saturated carbocycles. The van der Waals surface area contributed by atoms with Crippen LogP contribution in [0.5, 0.6) is 0 Å². The first kappa shape index (κ1) is 9.66. The van der Waals surface area contributed by atoms with Crippen LogP contribution in [0.1, 0.15) is 43.4 Å². The number of nitrogens with zero attached hydrogens (tertiary/aromatic N) is 1. The minimum absolute atomic E-state index is 0.219. The Kier molecular flexibility index (Phi) is 2.82. The summed E-state index contributed by atoms with van der Waals surface area (Å²) >= 11 is 0. The molecule has 1 N–H and O–H groups in total. The maximum atomic E-state index is 9.89. The van der Waals surface area contributed by atoms with Crippen LogP contribution >= 0.6 is 0 Å². The normalized spacial score (nSPS) is 22.9. The molecule has 2 atom stereocenters. The Bertz CT molecular complexity index is 311. The van der Waals surface area contributed by atoms with Crippen molar-refractivity contribution in [2.75, 3.05) is 0 Å². The third-order valence-electron chi connectivity index (χ3n) is 3.12. The van der Waals surface area contributed by atoms with E-state index in [9.17, 15) is 5.11 Å². The van der Waals surface area contributed by atoms with Gasteiger partial charge in [0, 0.05) is 17.8 Å². The van der Waals surface area contributed by atoms with Crippen molar-refractivity contribution in [1.29, 1.82) is 0 Å². The van der Waals surface area contributed by atoms with Crippen LogP contribution in [0, 0.1) is 0 Å². The van der Waals surface area contributed by atoms with Crippen molar-refractivity contribution in [3.63, 3.8) is 0 Å². The Morgan fingerprint density at radius 2 is 2.50 bits per heavy atom. The van der Waals surface area contributed by atoms with E-state index in [-0.39, 0.29) is 12.0 Å². The molecule has 2 heteroatoms. The lowest BCUT2D eigenvalue weighted by Gasteiger charge is -2.27. The molecule has 0 bridgehead atoms. The molecule has 0 aliphatic heterocycles.